The number of ether oxygens (including phenoxy) is 1. The van der Waals surface area contributed by atoms with Gasteiger partial charge in [-0.25, -0.2) is 0 Å². The van der Waals surface area contributed by atoms with Crippen molar-refractivity contribution in [3.63, 3.8) is 0 Å². The summed E-state index contributed by atoms with van der Waals surface area (Å²) >= 11 is 0. The molecule has 0 amide bonds. The number of allylic oxidation sites excluding steroid dienone is 1. The first-order valence-corrected chi connectivity index (χ1v) is 9.09. The van der Waals surface area contributed by atoms with E-state index >= 15 is 0 Å². The van der Waals surface area contributed by atoms with E-state index in [0.29, 0.717) is 11.5 Å². The molecule has 5 heteroatoms. The molecule has 1 aliphatic carbocycles. The highest BCUT2D eigenvalue weighted by molar-refractivity contribution is 6.06. The Labute approximate surface area is 156 Å². The Hall–Kier alpha value is -2.56. The summed E-state index contributed by atoms with van der Waals surface area (Å²) in [6, 6.07) is 13.1. The second-order valence-corrected chi connectivity index (χ2v) is 6.77. The van der Waals surface area contributed by atoms with Crippen LogP contribution in [-0.4, -0.2) is 12.1 Å². The lowest BCUT2D eigenvalue weighted by atomic mass is 9.84. The number of ketones is 1. The van der Waals surface area contributed by atoms with Crippen molar-refractivity contribution in [2.75, 3.05) is 0 Å². The molecular weight excluding hydrogens is 353 g/mol. The summed E-state index contributed by atoms with van der Waals surface area (Å²) in [6.07, 6.45) is 4.77. The molecule has 0 heterocycles. The zero-order valence-corrected chi connectivity index (χ0v) is 14.8. The first-order chi connectivity index (χ1) is 12.9. The fourth-order valence-corrected chi connectivity index (χ4v) is 3.40. The van der Waals surface area contributed by atoms with E-state index in [-0.39, 0.29) is 11.5 Å². The molecule has 0 atom stereocenters. The van der Waals surface area contributed by atoms with Crippen molar-refractivity contribution < 1.29 is 22.7 Å². The van der Waals surface area contributed by atoms with Crippen LogP contribution in [0.3, 0.4) is 0 Å². The van der Waals surface area contributed by atoms with Gasteiger partial charge in [0.2, 0.25) is 0 Å². The molecule has 0 aromatic heterocycles. The van der Waals surface area contributed by atoms with Gasteiger partial charge in [-0.1, -0.05) is 49.6 Å². The fourth-order valence-electron chi connectivity index (χ4n) is 3.40. The third kappa shape index (κ3) is 5.71. The molecule has 2 nitrogen and oxygen atoms in total. The summed E-state index contributed by atoms with van der Waals surface area (Å²) in [6.45, 7) is 0. The lowest BCUT2D eigenvalue weighted by Gasteiger charge is -2.21. The van der Waals surface area contributed by atoms with Crippen LogP contribution in [0.5, 0.6) is 5.75 Å². The van der Waals surface area contributed by atoms with E-state index in [1.54, 1.807) is 6.08 Å². The fraction of sp³-hybridized carbons (Fsp3) is 0.318. The Morgan fingerprint density at radius 1 is 0.926 bits per heavy atom. The summed E-state index contributed by atoms with van der Waals surface area (Å²) in [4.78, 5) is 12.2. The number of halogens is 3. The highest BCUT2D eigenvalue weighted by Gasteiger charge is 2.31. The van der Waals surface area contributed by atoms with Crippen LogP contribution < -0.4 is 4.74 Å². The lowest BCUT2D eigenvalue weighted by molar-refractivity contribution is -0.274. The zero-order chi connectivity index (χ0) is 19.3. The summed E-state index contributed by atoms with van der Waals surface area (Å²) in [5.41, 5.74) is 2.57. The third-order valence-corrected chi connectivity index (χ3v) is 4.81. The normalized spacial score (nSPS) is 15.8. The SMILES string of the molecule is O=C(/C=C/c1ccc(C2CCCCC2)cc1)c1ccc(OC(F)(F)F)cc1. The van der Waals surface area contributed by atoms with E-state index in [2.05, 4.69) is 16.9 Å². The van der Waals surface area contributed by atoms with Crippen molar-refractivity contribution in [3.05, 3.63) is 71.3 Å². The van der Waals surface area contributed by atoms with Gasteiger partial charge in [0.25, 0.3) is 0 Å². The first kappa shape index (κ1) is 19.2. The Morgan fingerprint density at radius 2 is 1.56 bits per heavy atom. The third-order valence-electron chi connectivity index (χ3n) is 4.81. The zero-order valence-electron chi connectivity index (χ0n) is 14.8. The number of benzene rings is 2. The smallest absolute Gasteiger partial charge is 0.406 e. The van der Waals surface area contributed by atoms with Gasteiger partial charge in [-0.2, -0.15) is 0 Å². The molecule has 2 aromatic rings. The minimum Gasteiger partial charge on any atom is -0.406 e. The summed E-state index contributed by atoms with van der Waals surface area (Å²) in [7, 11) is 0. The van der Waals surface area contributed by atoms with Crippen molar-refractivity contribution >= 4 is 11.9 Å². The second kappa shape index (κ2) is 8.42. The summed E-state index contributed by atoms with van der Waals surface area (Å²) in [5.74, 6) is 0.0158. The topological polar surface area (TPSA) is 26.3 Å². The quantitative estimate of drug-likeness (QED) is 0.439. The average Bonchev–Trinajstić information content (AvgIpc) is 2.66. The number of alkyl halides is 3. The number of hydrogen-bond donors (Lipinski definition) is 0. The van der Waals surface area contributed by atoms with Crippen LogP contribution in [0.15, 0.2) is 54.6 Å². The van der Waals surface area contributed by atoms with Gasteiger partial charge >= 0.3 is 6.36 Å². The average molecular weight is 374 g/mol. The van der Waals surface area contributed by atoms with Gasteiger partial charge in [0.15, 0.2) is 5.78 Å². The van der Waals surface area contributed by atoms with E-state index in [9.17, 15) is 18.0 Å². The van der Waals surface area contributed by atoms with E-state index in [4.69, 9.17) is 0 Å². The molecule has 142 valence electrons. The van der Waals surface area contributed by atoms with Gasteiger partial charge in [0.1, 0.15) is 5.75 Å². The number of rotatable bonds is 5. The number of carbonyl (C=O) groups excluding carboxylic acids is 1. The van der Waals surface area contributed by atoms with Crippen LogP contribution in [-0.2, 0) is 0 Å². The van der Waals surface area contributed by atoms with Crippen molar-refractivity contribution in [2.45, 2.75) is 44.4 Å². The van der Waals surface area contributed by atoms with Gasteiger partial charge < -0.3 is 4.74 Å². The molecule has 0 unspecified atom stereocenters. The Morgan fingerprint density at radius 3 is 2.15 bits per heavy atom. The predicted octanol–water partition coefficient (Wildman–Crippen LogP) is 6.53. The minimum absolute atomic E-state index is 0.273. The van der Waals surface area contributed by atoms with Crippen molar-refractivity contribution in [2.24, 2.45) is 0 Å². The van der Waals surface area contributed by atoms with Crippen LogP contribution >= 0.6 is 0 Å². The highest BCUT2D eigenvalue weighted by Crippen LogP contribution is 2.32. The Bertz CT molecular complexity index is 784. The van der Waals surface area contributed by atoms with Crippen molar-refractivity contribution in [1.29, 1.82) is 0 Å². The second-order valence-electron chi connectivity index (χ2n) is 6.77. The predicted molar refractivity (Wildman–Crippen MR) is 98.8 cm³/mol. The molecule has 0 bridgehead atoms. The van der Waals surface area contributed by atoms with Crippen LogP contribution in [0.4, 0.5) is 13.2 Å². The molecule has 1 fully saturated rings. The maximum atomic E-state index is 12.2. The van der Waals surface area contributed by atoms with Crippen LogP contribution in [0, 0.1) is 0 Å². The van der Waals surface area contributed by atoms with Crippen LogP contribution in [0.2, 0.25) is 0 Å². The molecular formula is C22H21F3O2. The van der Waals surface area contributed by atoms with E-state index in [1.165, 1.54) is 55.9 Å². The minimum atomic E-state index is -4.74. The standard InChI is InChI=1S/C22H21F3O2/c23-22(24,25)27-20-13-11-19(12-14-20)21(26)15-8-16-6-9-18(10-7-16)17-4-2-1-3-5-17/h6-15,17H,1-5H2/b15-8+. The molecule has 1 saturated carbocycles. The van der Waals surface area contributed by atoms with Crippen LogP contribution in [0.1, 0.15) is 59.5 Å². The number of carbonyl (C=O) groups is 1. The number of hydrogen-bond acceptors (Lipinski definition) is 2. The maximum absolute atomic E-state index is 12.2. The summed E-state index contributed by atoms with van der Waals surface area (Å²) < 4.78 is 40.3. The van der Waals surface area contributed by atoms with E-state index in [1.807, 2.05) is 12.1 Å². The van der Waals surface area contributed by atoms with Crippen LogP contribution in [0.25, 0.3) is 6.08 Å². The molecule has 1 aliphatic rings. The molecule has 0 N–H and O–H groups in total. The van der Waals surface area contributed by atoms with Crippen molar-refractivity contribution in [3.8, 4) is 5.75 Å². The Balaban J connectivity index is 1.60. The molecule has 0 radical (unpaired) electrons. The maximum Gasteiger partial charge on any atom is 0.573 e. The molecule has 0 spiro atoms. The van der Waals surface area contributed by atoms with Gasteiger partial charge in [0, 0.05) is 5.56 Å². The lowest BCUT2D eigenvalue weighted by Crippen LogP contribution is -2.17. The highest BCUT2D eigenvalue weighted by atomic mass is 19.4. The van der Waals surface area contributed by atoms with Gasteiger partial charge in [-0.05, 0) is 60.2 Å². The Kier molecular flexibility index (Phi) is 5.99. The first-order valence-electron chi connectivity index (χ1n) is 9.09. The molecule has 0 saturated heterocycles. The van der Waals surface area contributed by atoms with Crippen molar-refractivity contribution in [1.82, 2.24) is 0 Å². The molecule has 0 aliphatic heterocycles. The monoisotopic (exact) mass is 374 g/mol. The van der Waals surface area contributed by atoms with Gasteiger partial charge in [-0.15, -0.1) is 13.2 Å². The van der Waals surface area contributed by atoms with Gasteiger partial charge in [0.05, 0.1) is 0 Å². The van der Waals surface area contributed by atoms with E-state index in [0.717, 1.165) is 17.7 Å². The van der Waals surface area contributed by atoms with Gasteiger partial charge in [-0.3, -0.25) is 4.79 Å². The molecule has 3 rings (SSSR count). The molecule has 2 aromatic carbocycles. The summed E-state index contributed by atoms with van der Waals surface area (Å²) in [5, 5.41) is 0. The van der Waals surface area contributed by atoms with E-state index < -0.39 is 6.36 Å². The molecule has 27 heavy (non-hydrogen) atoms. The largest absolute Gasteiger partial charge is 0.573 e.